The smallest absolute Gasteiger partial charge is 0.239 e. The Kier molecular flexibility index (Phi) is 3.90. The Morgan fingerprint density at radius 3 is 2.73 bits per heavy atom. The van der Waals surface area contributed by atoms with Gasteiger partial charge in [-0.3, -0.25) is 4.79 Å². The molecule has 9 heteroatoms. The third-order valence-electron chi connectivity index (χ3n) is 2.81. The number of nitrogens with two attached hydrogens (primary N) is 1. The zero-order valence-corrected chi connectivity index (χ0v) is 12.5. The summed E-state index contributed by atoms with van der Waals surface area (Å²) in [5.41, 5.74) is 8.05. The molecule has 22 heavy (non-hydrogen) atoms. The quantitative estimate of drug-likeness (QED) is 0.740. The van der Waals surface area contributed by atoms with Crippen LogP contribution in [0.25, 0.3) is 22.8 Å². The van der Waals surface area contributed by atoms with E-state index in [0.717, 1.165) is 0 Å². The second-order valence-electron chi connectivity index (χ2n) is 4.42. The van der Waals surface area contributed by atoms with Crippen molar-refractivity contribution in [2.75, 3.05) is 11.9 Å². The van der Waals surface area contributed by atoms with Gasteiger partial charge < -0.3 is 11.1 Å². The van der Waals surface area contributed by atoms with Crippen LogP contribution in [0, 0.1) is 0 Å². The Hall–Kier alpha value is -2.65. The lowest BCUT2D eigenvalue weighted by molar-refractivity contribution is -0.114. The summed E-state index contributed by atoms with van der Waals surface area (Å²) in [5, 5.41) is 13.2. The summed E-state index contributed by atoms with van der Waals surface area (Å²) in [6.45, 7) is -0.0741. The number of thiazole rings is 1. The normalized spacial score (nSPS) is 10.6. The average Bonchev–Trinajstić information content (AvgIpc) is 3.16. The molecule has 3 heterocycles. The molecule has 0 radical (unpaired) electrons. The Morgan fingerprint density at radius 1 is 1.27 bits per heavy atom. The van der Waals surface area contributed by atoms with Gasteiger partial charge >= 0.3 is 0 Å². The number of rotatable bonds is 4. The van der Waals surface area contributed by atoms with Crippen molar-refractivity contribution in [3.8, 4) is 22.8 Å². The van der Waals surface area contributed by atoms with Gasteiger partial charge in [-0.1, -0.05) is 6.07 Å². The highest BCUT2D eigenvalue weighted by Gasteiger charge is 2.10. The van der Waals surface area contributed by atoms with E-state index in [1.54, 1.807) is 13.2 Å². The lowest BCUT2D eigenvalue weighted by Gasteiger charge is -2.00. The summed E-state index contributed by atoms with van der Waals surface area (Å²) in [4.78, 5) is 21.6. The van der Waals surface area contributed by atoms with E-state index in [4.69, 9.17) is 5.73 Å². The molecule has 3 aromatic rings. The molecule has 0 atom stereocenters. The number of aromatic nitrogens is 5. The highest BCUT2D eigenvalue weighted by Crippen LogP contribution is 2.25. The van der Waals surface area contributed by atoms with E-state index in [1.165, 1.54) is 16.1 Å². The molecule has 112 valence electrons. The molecular weight excluding hydrogens is 302 g/mol. The summed E-state index contributed by atoms with van der Waals surface area (Å²) < 4.78 is 0. The van der Waals surface area contributed by atoms with Crippen LogP contribution >= 0.6 is 11.3 Å². The summed E-state index contributed by atoms with van der Waals surface area (Å²) >= 11 is 1.32. The topological polar surface area (TPSA) is 112 Å². The van der Waals surface area contributed by atoms with Gasteiger partial charge in [-0.25, -0.2) is 9.97 Å². The molecule has 0 aliphatic rings. The van der Waals surface area contributed by atoms with Crippen LogP contribution in [0.2, 0.25) is 0 Å². The molecule has 0 aliphatic heterocycles. The summed E-state index contributed by atoms with van der Waals surface area (Å²) in [7, 11) is 1.75. The van der Waals surface area contributed by atoms with E-state index in [2.05, 4.69) is 25.5 Å². The molecule has 0 unspecified atom stereocenters. The Labute approximate surface area is 130 Å². The maximum atomic E-state index is 11.3. The van der Waals surface area contributed by atoms with Gasteiger partial charge in [0, 0.05) is 12.4 Å². The zero-order valence-electron chi connectivity index (χ0n) is 11.7. The summed E-state index contributed by atoms with van der Waals surface area (Å²) in [6, 6.07) is 5.59. The van der Waals surface area contributed by atoms with Gasteiger partial charge in [-0.05, 0) is 12.1 Å². The van der Waals surface area contributed by atoms with Crippen LogP contribution in [0.1, 0.15) is 0 Å². The molecule has 0 spiro atoms. The number of nitrogens with zero attached hydrogens (tertiary/aromatic N) is 5. The predicted octanol–water partition coefficient (Wildman–Crippen LogP) is 0.898. The Balaban J connectivity index is 1.88. The molecule has 1 amide bonds. The zero-order chi connectivity index (χ0) is 15.5. The highest BCUT2D eigenvalue weighted by atomic mass is 32.1. The van der Waals surface area contributed by atoms with Crippen LogP contribution in [-0.4, -0.2) is 37.4 Å². The third kappa shape index (κ3) is 3.00. The number of anilines is 1. The van der Waals surface area contributed by atoms with Crippen LogP contribution in [0.15, 0.2) is 29.8 Å². The van der Waals surface area contributed by atoms with E-state index < -0.39 is 0 Å². The van der Waals surface area contributed by atoms with E-state index >= 15 is 0 Å². The van der Waals surface area contributed by atoms with Gasteiger partial charge in [0.05, 0.1) is 24.1 Å². The number of pyridine rings is 1. The van der Waals surface area contributed by atoms with Crippen LogP contribution in [0.4, 0.5) is 5.13 Å². The molecule has 0 bridgehead atoms. The minimum absolute atomic E-state index is 0.0741. The molecule has 0 aromatic carbocycles. The molecule has 0 aliphatic carbocycles. The SMILES string of the molecule is Cn1ncc(-c2cccc(-c3csc(NC(=O)CN)n3)n2)n1. The summed E-state index contributed by atoms with van der Waals surface area (Å²) in [6.07, 6.45) is 1.65. The first-order valence-corrected chi connectivity index (χ1v) is 7.33. The number of hydrogen-bond donors (Lipinski definition) is 2. The van der Waals surface area contributed by atoms with Crippen molar-refractivity contribution in [2.24, 2.45) is 12.8 Å². The lowest BCUT2D eigenvalue weighted by atomic mass is 10.2. The number of nitrogens with one attached hydrogen (secondary N) is 1. The van der Waals surface area contributed by atoms with Crippen molar-refractivity contribution in [1.82, 2.24) is 25.0 Å². The van der Waals surface area contributed by atoms with Crippen LogP contribution in [0.5, 0.6) is 0 Å². The maximum Gasteiger partial charge on any atom is 0.239 e. The first-order valence-electron chi connectivity index (χ1n) is 6.45. The molecule has 3 rings (SSSR count). The minimum Gasteiger partial charge on any atom is -0.322 e. The van der Waals surface area contributed by atoms with Crippen molar-refractivity contribution in [3.63, 3.8) is 0 Å². The molecule has 8 nitrogen and oxygen atoms in total. The van der Waals surface area contributed by atoms with Crippen molar-refractivity contribution < 1.29 is 4.79 Å². The largest absolute Gasteiger partial charge is 0.322 e. The third-order valence-corrected chi connectivity index (χ3v) is 3.57. The van der Waals surface area contributed by atoms with E-state index in [-0.39, 0.29) is 12.5 Å². The molecule has 3 N–H and O–H groups in total. The molecule has 3 aromatic heterocycles. The van der Waals surface area contributed by atoms with Crippen LogP contribution in [-0.2, 0) is 11.8 Å². The highest BCUT2D eigenvalue weighted by molar-refractivity contribution is 7.14. The fraction of sp³-hybridized carbons (Fsp3) is 0.154. The average molecular weight is 315 g/mol. The van der Waals surface area contributed by atoms with Gasteiger partial charge in [-0.15, -0.1) is 11.3 Å². The van der Waals surface area contributed by atoms with Crippen molar-refractivity contribution in [1.29, 1.82) is 0 Å². The Bertz CT molecular complexity index is 810. The van der Waals surface area contributed by atoms with Crippen molar-refractivity contribution in [3.05, 3.63) is 29.8 Å². The standard InChI is InChI=1S/C13H13N7OS/c1-20-15-6-10(19-20)8-3-2-4-9(16-8)11-7-22-13(17-11)18-12(21)5-14/h2-4,6-7H,5,14H2,1H3,(H,17,18,21). The van der Waals surface area contributed by atoms with E-state index in [1.807, 2.05) is 23.6 Å². The van der Waals surface area contributed by atoms with Gasteiger partial charge in [0.2, 0.25) is 5.91 Å². The van der Waals surface area contributed by atoms with E-state index in [0.29, 0.717) is 27.9 Å². The number of carbonyl (C=O) groups excluding carboxylic acids is 1. The van der Waals surface area contributed by atoms with Gasteiger partial charge in [0.15, 0.2) is 5.13 Å². The van der Waals surface area contributed by atoms with Crippen LogP contribution in [0.3, 0.4) is 0 Å². The number of amides is 1. The molecule has 0 saturated carbocycles. The molecule has 0 fully saturated rings. The predicted molar refractivity (Wildman–Crippen MR) is 83.0 cm³/mol. The lowest BCUT2D eigenvalue weighted by Crippen LogP contribution is -2.21. The van der Waals surface area contributed by atoms with Gasteiger partial charge in [0.1, 0.15) is 11.4 Å². The second-order valence-corrected chi connectivity index (χ2v) is 5.28. The van der Waals surface area contributed by atoms with Crippen LogP contribution < -0.4 is 11.1 Å². The fourth-order valence-electron chi connectivity index (χ4n) is 1.80. The molecule has 0 saturated heterocycles. The monoisotopic (exact) mass is 315 g/mol. The molecular formula is C13H13N7OS. The first kappa shape index (κ1) is 14.3. The first-order chi connectivity index (χ1) is 10.7. The Morgan fingerprint density at radius 2 is 2.05 bits per heavy atom. The number of aryl methyl sites for hydroxylation is 1. The minimum atomic E-state index is -0.276. The van der Waals surface area contributed by atoms with Crippen molar-refractivity contribution >= 4 is 22.4 Å². The number of hydrogen-bond acceptors (Lipinski definition) is 7. The van der Waals surface area contributed by atoms with Gasteiger partial charge in [-0.2, -0.15) is 15.0 Å². The van der Waals surface area contributed by atoms with E-state index in [9.17, 15) is 4.79 Å². The van der Waals surface area contributed by atoms with Gasteiger partial charge in [0.25, 0.3) is 0 Å². The maximum absolute atomic E-state index is 11.3. The number of carbonyl (C=O) groups is 1. The fourth-order valence-corrected chi connectivity index (χ4v) is 2.52. The summed E-state index contributed by atoms with van der Waals surface area (Å²) in [5.74, 6) is -0.276. The van der Waals surface area contributed by atoms with Crippen molar-refractivity contribution in [2.45, 2.75) is 0 Å². The second kappa shape index (κ2) is 6.00.